The number of amides is 3. The first kappa shape index (κ1) is 24.9. The van der Waals surface area contributed by atoms with Crippen molar-refractivity contribution < 1.29 is 23.9 Å². The van der Waals surface area contributed by atoms with Gasteiger partial charge in [0.05, 0.1) is 29.5 Å². The van der Waals surface area contributed by atoms with Crippen LogP contribution in [0.4, 0.5) is 0 Å². The second kappa shape index (κ2) is 10.2. The SMILES string of the molecule is COc1cccc(C(=O)CN(C(=O)c2ccccc2Cl)N2C(=O)[C@H]3C[C@H](Br)[C@@H](Br)C[C@H]3C2=O)c1. The molecule has 1 heterocycles. The zero-order valence-electron chi connectivity index (χ0n) is 18.1. The molecule has 0 radical (unpaired) electrons. The normalized spacial score (nSPS) is 24.1. The van der Waals surface area contributed by atoms with E-state index in [1.807, 2.05) is 0 Å². The van der Waals surface area contributed by atoms with E-state index >= 15 is 0 Å². The molecule has 3 amide bonds. The summed E-state index contributed by atoms with van der Waals surface area (Å²) >= 11 is 13.4. The van der Waals surface area contributed by atoms with Gasteiger partial charge in [0.15, 0.2) is 5.78 Å². The number of benzene rings is 2. The third-order valence-corrected chi connectivity index (χ3v) is 9.22. The van der Waals surface area contributed by atoms with Crippen LogP contribution in [-0.4, -0.2) is 56.8 Å². The maximum atomic E-state index is 13.6. The lowest BCUT2D eigenvalue weighted by Gasteiger charge is -2.30. The Balaban J connectivity index is 1.71. The van der Waals surface area contributed by atoms with Crippen LogP contribution in [0.5, 0.6) is 5.75 Å². The van der Waals surface area contributed by atoms with Crippen molar-refractivity contribution in [3.05, 3.63) is 64.7 Å². The monoisotopic (exact) mass is 610 g/mol. The molecule has 4 atom stereocenters. The van der Waals surface area contributed by atoms with Gasteiger partial charge >= 0.3 is 0 Å². The van der Waals surface area contributed by atoms with E-state index in [9.17, 15) is 19.2 Å². The molecule has 2 aromatic carbocycles. The number of carbonyl (C=O) groups excluding carboxylic acids is 4. The number of fused-ring (bicyclic) bond motifs is 1. The van der Waals surface area contributed by atoms with Crippen LogP contribution in [0.15, 0.2) is 48.5 Å². The first-order valence-corrected chi connectivity index (χ1v) is 12.8. The fourth-order valence-corrected chi connectivity index (χ4v) is 5.80. The molecule has 1 saturated carbocycles. The number of ketones is 1. The van der Waals surface area contributed by atoms with E-state index in [0.717, 1.165) is 10.0 Å². The molecule has 2 fully saturated rings. The number of methoxy groups -OCH3 is 1. The predicted molar refractivity (Wildman–Crippen MR) is 133 cm³/mol. The van der Waals surface area contributed by atoms with Crippen LogP contribution in [0.3, 0.4) is 0 Å². The lowest BCUT2D eigenvalue weighted by atomic mass is 9.81. The van der Waals surface area contributed by atoms with Gasteiger partial charge in [-0.15, -0.1) is 0 Å². The molecule has 34 heavy (non-hydrogen) atoms. The number of hydrogen-bond donors (Lipinski definition) is 0. The highest BCUT2D eigenvalue weighted by Crippen LogP contribution is 2.43. The van der Waals surface area contributed by atoms with Crippen molar-refractivity contribution in [1.29, 1.82) is 0 Å². The Hall–Kier alpha value is -2.23. The van der Waals surface area contributed by atoms with Gasteiger partial charge in [-0.3, -0.25) is 19.2 Å². The third-order valence-electron chi connectivity index (χ3n) is 6.15. The molecule has 0 N–H and O–H groups in total. The van der Waals surface area contributed by atoms with E-state index in [-0.39, 0.29) is 25.8 Å². The Labute approximate surface area is 218 Å². The number of hydrogen-bond acceptors (Lipinski definition) is 5. The van der Waals surface area contributed by atoms with Crippen molar-refractivity contribution >= 4 is 67.0 Å². The van der Waals surface area contributed by atoms with Crippen molar-refractivity contribution in [3.63, 3.8) is 0 Å². The van der Waals surface area contributed by atoms with E-state index < -0.39 is 41.9 Å². The highest BCUT2D eigenvalue weighted by molar-refractivity contribution is 9.12. The van der Waals surface area contributed by atoms with Gasteiger partial charge in [-0.05, 0) is 37.1 Å². The van der Waals surface area contributed by atoms with Crippen molar-refractivity contribution in [1.82, 2.24) is 10.0 Å². The molecule has 0 spiro atoms. The zero-order valence-corrected chi connectivity index (χ0v) is 22.0. The minimum atomic E-state index is -0.701. The Morgan fingerprint density at radius 1 is 1.03 bits per heavy atom. The molecule has 0 bridgehead atoms. The zero-order chi connectivity index (χ0) is 24.6. The van der Waals surface area contributed by atoms with Gasteiger partial charge in [0.25, 0.3) is 17.7 Å². The van der Waals surface area contributed by atoms with Gasteiger partial charge < -0.3 is 4.74 Å². The van der Waals surface area contributed by atoms with Crippen LogP contribution >= 0.6 is 43.5 Å². The highest BCUT2D eigenvalue weighted by Gasteiger charge is 2.54. The summed E-state index contributed by atoms with van der Waals surface area (Å²) < 4.78 is 5.18. The Kier molecular flexibility index (Phi) is 7.45. The fraction of sp³-hybridized carbons (Fsp3) is 0.333. The number of ether oxygens (including phenoxy) is 1. The summed E-state index contributed by atoms with van der Waals surface area (Å²) in [6.07, 6.45) is 0.888. The van der Waals surface area contributed by atoms with Gasteiger partial charge in [-0.2, -0.15) is 5.01 Å². The Bertz CT molecular complexity index is 1130. The Morgan fingerprint density at radius 3 is 2.24 bits per heavy atom. The second-order valence-electron chi connectivity index (χ2n) is 8.20. The molecule has 1 aliphatic heterocycles. The average molecular weight is 613 g/mol. The quantitative estimate of drug-likeness (QED) is 0.273. The van der Waals surface area contributed by atoms with E-state index in [0.29, 0.717) is 18.6 Å². The number of rotatable bonds is 6. The van der Waals surface area contributed by atoms with Gasteiger partial charge in [-0.25, -0.2) is 5.01 Å². The molecule has 7 nitrogen and oxygen atoms in total. The maximum absolute atomic E-state index is 13.6. The summed E-state index contributed by atoms with van der Waals surface area (Å²) in [4.78, 5) is 53.6. The van der Waals surface area contributed by atoms with Crippen LogP contribution < -0.4 is 4.74 Å². The largest absolute Gasteiger partial charge is 0.497 e. The molecule has 1 aliphatic carbocycles. The van der Waals surface area contributed by atoms with Gasteiger partial charge in [0.2, 0.25) is 0 Å². The molecular weight excluding hydrogens is 592 g/mol. The van der Waals surface area contributed by atoms with Crippen molar-refractivity contribution in [2.45, 2.75) is 22.5 Å². The number of carbonyl (C=O) groups is 4. The number of alkyl halides is 2. The van der Waals surface area contributed by atoms with Gasteiger partial charge in [-0.1, -0.05) is 67.7 Å². The van der Waals surface area contributed by atoms with Crippen molar-refractivity contribution in [3.8, 4) is 5.75 Å². The standard InChI is InChI=1S/C24H21Br2ClN2O5/c1-34-14-6-4-5-13(9-14)21(30)12-28(22(31)15-7-2-3-8-20(15)27)29-23(32)16-10-18(25)19(26)11-17(16)24(29)33/h2-9,16-19H,10-12H2,1H3/t16-,17+,18-,19-/m0/s1. The molecule has 0 unspecified atom stereocenters. The van der Waals surface area contributed by atoms with Crippen LogP contribution in [0, 0.1) is 11.8 Å². The molecule has 4 rings (SSSR count). The lowest BCUT2D eigenvalue weighted by molar-refractivity contribution is -0.154. The first-order chi connectivity index (χ1) is 16.2. The first-order valence-electron chi connectivity index (χ1n) is 10.6. The summed E-state index contributed by atoms with van der Waals surface area (Å²) in [5, 5.41) is 1.94. The lowest BCUT2D eigenvalue weighted by Crippen LogP contribution is -2.52. The summed E-state index contributed by atoms with van der Waals surface area (Å²) in [5.74, 6) is -2.80. The summed E-state index contributed by atoms with van der Waals surface area (Å²) in [5.41, 5.74) is 0.378. The smallest absolute Gasteiger partial charge is 0.274 e. The minimum absolute atomic E-state index is 0.0107. The molecule has 178 valence electrons. The minimum Gasteiger partial charge on any atom is -0.497 e. The van der Waals surface area contributed by atoms with Crippen LogP contribution in [0.1, 0.15) is 33.6 Å². The number of nitrogens with zero attached hydrogens (tertiary/aromatic N) is 2. The predicted octanol–water partition coefficient (Wildman–Crippen LogP) is 4.51. The Morgan fingerprint density at radius 2 is 1.65 bits per heavy atom. The maximum Gasteiger partial charge on any atom is 0.274 e. The third kappa shape index (κ3) is 4.65. The molecule has 2 aromatic rings. The van der Waals surface area contributed by atoms with Crippen molar-refractivity contribution in [2.75, 3.05) is 13.7 Å². The summed E-state index contributed by atoms with van der Waals surface area (Å²) in [7, 11) is 1.48. The van der Waals surface area contributed by atoms with Crippen molar-refractivity contribution in [2.24, 2.45) is 11.8 Å². The summed E-state index contributed by atoms with van der Waals surface area (Å²) in [6, 6.07) is 12.8. The van der Waals surface area contributed by atoms with Crippen LogP contribution in [0.25, 0.3) is 0 Å². The fourth-order valence-electron chi connectivity index (χ4n) is 4.35. The van der Waals surface area contributed by atoms with E-state index in [1.54, 1.807) is 36.4 Å². The number of Topliss-reactive ketones (excluding diaryl/α,β-unsaturated/α-hetero) is 1. The molecule has 0 aromatic heterocycles. The highest BCUT2D eigenvalue weighted by atomic mass is 79.9. The van der Waals surface area contributed by atoms with Crippen LogP contribution in [0.2, 0.25) is 5.02 Å². The van der Waals surface area contributed by atoms with Gasteiger partial charge in [0.1, 0.15) is 12.3 Å². The second-order valence-corrected chi connectivity index (χ2v) is 11.0. The molecule has 1 saturated heterocycles. The van der Waals surface area contributed by atoms with E-state index in [1.165, 1.54) is 19.2 Å². The number of halogens is 3. The molecule has 2 aliphatic rings. The number of hydrazine groups is 1. The topological polar surface area (TPSA) is 84.0 Å². The summed E-state index contributed by atoms with van der Waals surface area (Å²) in [6.45, 7) is -0.510. The molecule has 10 heteroatoms. The number of imide groups is 1. The molecular formula is C24H21Br2ClN2O5. The van der Waals surface area contributed by atoms with E-state index in [2.05, 4.69) is 31.9 Å². The average Bonchev–Trinajstić information content (AvgIpc) is 3.06. The van der Waals surface area contributed by atoms with Gasteiger partial charge in [0, 0.05) is 15.2 Å². The van der Waals surface area contributed by atoms with Crippen LogP contribution in [-0.2, 0) is 9.59 Å². The van der Waals surface area contributed by atoms with E-state index in [4.69, 9.17) is 16.3 Å².